The number of carbonyl (C=O) groups excluding carboxylic acids is 1. The normalized spacial score (nSPS) is 17.7. The van der Waals surface area contributed by atoms with Crippen molar-refractivity contribution in [2.45, 2.75) is 6.18 Å². The topological polar surface area (TPSA) is 125 Å². The molecule has 0 bridgehead atoms. The zero-order valence-corrected chi connectivity index (χ0v) is 17.2. The molecular weight excluding hydrogens is 507 g/mol. The number of hydrogen-bond donors (Lipinski definition) is 1. The van der Waals surface area contributed by atoms with Crippen LogP contribution in [0.4, 0.5) is 18.9 Å². The molecule has 9 nitrogen and oxygen atoms in total. The number of nitrogens with one attached hydrogen (secondary N) is 1. The van der Waals surface area contributed by atoms with E-state index in [2.05, 4.69) is 26.0 Å². The number of halogens is 4. The van der Waals surface area contributed by atoms with Crippen LogP contribution in [0.2, 0.25) is 0 Å². The molecular formula is C17H7BrF3N5O4S. The van der Waals surface area contributed by atoms with Gasteiger partial charge in [0.25, 0.3) is 11.6 Å². The first kappa shape index (κ1) is 21.0. The number of amidine groups is 2. The third kappa shape index (κ3) is 3.90. The quantitative estimate of drug-likeness (QED) is 0.357. The molecule has 0 saturated heterocycles. The average molecular weight is 514 g/mol. The summed E-state index contributed by atoms with van der Waals surface area (Å²) in [5, 5.41) is 21.3. The molecule has 0 atom stereocenters. The number of nitro groups is 1. The lowest BCUT2D eigenvalue weighted by Crippen LogP contribution is -2.35. The van der Waals surface area contributed by atoms with Gasteiger partial charge in [0.1, 0.15) is 11.5 Å². The molecule has 0 aliphatic carbocycles. The molecule has 0 spiro atoms. The number of nitro benzene ring substituents is 1. The second-order valence-electron chi connectivity index (χ2n) is 6.05. The van der Waals surface area contributed by atoms with Crippen LogP contribution in [0, 0.1) is 15.5 Å². The molecule has 1 amide bonds. The largest absolute Gasteiger partial charge is 0.457 e. The number of hydrazone groups is 1. The number of alkyl halides is 3. The van der Waals surface area contributed by atoms with Crippen LogP contribution >= 0.6 is 27.7 Å². The van der Waals surface area contributed by atoms with Gasteiger partial charge in [-0.15, -0.1) is 0 Å². The van der Waals surface area contributed by atoms with E-state index in [0.717, 1.165) is 0 Å². The van der Waals surface area contributed by atoms with Gasteiger partial charge in [-0.25, -0.2) is 0 Å². The summed E-state index contributed by atoms with van der Waals surface area (Å²) in [7, 11) is 0. The lowest BCUT2D eigenvalue weighted by atomic mass is 10.1. The number of aliphatic imine (C=N–C) groups is 1. The van der Waals surface area contributed by atoms with Crippen LogP contribution in [-0.2, 0) is 4.79 Å². The SMILES string of the molecule is N=C1/C(=C\c2ccc(-c3ccc([N+](=O)[O-])cc3Br)o2)C(=O)N=C2SC(C(F)(F)F)=NN12. The van der Waals surface area contributed by atoms with E-state index in [1.54, 1.807) is 0 Å². The zero-order valence-electron chi connectivity index (χ0n) is 14.8. The highest BCUT2D eigenvalue weighted by molar-refractivity contribution is 9.10. The summed E-state index contributed by atoms with van der Waals surface area (Å²) in [4.78, 5) is 26.1. The fourth-order valence-electron chi connectivity index (χ4n) is 2.64. The summed E-state index contributed by atoms with van der Waals surface area (Å²) >= 11 is 3.39. The Bertz CT molecular complexity index is 1250. The highest BCUT2D eigenvalue weighted by Gasteiger charge is 2.46. The van der Waals surface area contributed by atoms with E-state index in [0.29, 0.717) is 20.8 Å². The van der Waals surface area contributed by atoms with Crippen LogP contribution in [0.1, 0.15) is 5.76 Å². The van der Waals surface area contributed by atoms with E-state index in [9.17, 15) is 28.1 Å². The van der Waals surface area contributed by atoms with Crippen LogP contribution in [0.15, 0.2) is 54.9 Å². The van der Waals surface area contributed by atoms with E-state index in [-0.39, 0.29) is 34.0 Å². The van der Waals surface area contributed by atoms with Crippen molar-refractivity contribution >= 4 is 61.4 Å². The van der Waals surface area contributed by atoms with Gasteiger partial charge in [-0.3, -0.25) is 20.3 Å². The maximum atomic E-state index is 12.9. The Morgan fingerprint density at radius 2 is 2.03 bits per heavy atom. The van der Waals surface area contributed by atoms with Gasteiger partial charge in [0.2, 0.25) is 10.2 Å². The summed E-state index contributed by atoms with van der Waals surface area (Å²) in [6.07, 6.45) is -3.56. The van der Waals surface area contributed by atoms with Gasteiger partial charge >= 0.3 is 6.18 Å². The predicted octanol–water partition coefficient (Wildman–Crippen LogP) is 4.80. The fraction of sp³-hybridized carbons (Fsp3) is 0.0588. The molecule has 1 aromatic carbocycles. The molecule has 4 rings (SSSR count). The van der Waals surface area contributed by atoms with Gasteiger partial charge < -0.3 is 4.42 Å². The van der Waals surface area contributed by atoms with E-state index < -0.39 is 27.9 Å². The Balaban J connectivity index is 1.64. The standard InChI is InChI=1S/C17H7BrF3N5O4S/c18-11-5-7(26(28)29)1-3-9(11)12-4-2-8(30-12)6-10-13(22)25-16(23-14(10)27)31-15(24-25)17(19,20)21/h1-6,22H/b10-6+,22-13?. The van der Waals surface area contributed by atoms with Crippen molar-refractivity contribution in [2.75, 3.05) is 0 Å². The molecule has 31 heavy (non-hydrogen) atoms. The summed E-state index contributed by atoms with van der Waals surface area (Å²) in [6.45, 7) is 0. The predicted molar refractivity (Wildman–Crippen MR) is 110 cm³/mol. The first-order chi connectivity index (χ1) is 14.5. The van der Waals surface area contributed by atoms with Crippen LogP contribution in [0.5, 0.6) is 0 Å². The van der Waals surface area contributed by atoms with Gasteiger partial charge in [0.05, 0.1) is 10.5 Å². The summed E-state index contributed by atoms with van der Waals surface area (Å²) in [5.41, 5.74) is 0.0675. The number of carbonyl (C=O) groups is 1. The van der Waals surface area contributed by atoms with Crippen molar-refractivity contribution in [3.05, 3.63) is 56.3 Å². The van der Waals surface area contributed by atoms with E-state index in [1.807, 2.05) is 0 Å². The van der Waals surface area contributed by atoms with E-state index in [4.69, 9.17) is 9.83 Å². The number of hydrogen-bond acceptors (Lipinski definition) is 7. The van der Waals surface area contributed by atoms with Crippen LogP contribution in [-0.4, -0.2) is 38.1 Å². The minimum Gasteiger partial charge on any atom is -0.457 e. The van der Waals surface area contributed by atoms with E-state index >= 15 is 0 Å². The Morgan fingerprint density at radius 1 is 1.29 bits per heavy atom. The monoisotopic (exact) mass is 513 g/mol. The van der Waals surface area contributed by atoms with Crippen molar-refractivity contribution in [1.29, 1.82) is 5.41 Å². The number of benzene rings is 1. The van der Waals surface area contributed by atoms with Crippen LogP contribution < -0.4 is 0 Å². The first-order valence-electron chi connectivity index (χ1n) is 8.16. The molecule has 14 heteroatoms. The second kappa shape index (κ2) is 7.46. The minimum absolute atomic E-state index is 0.123. The average Bonchev–Trinajstić information content (AvgIpc) is 3.32. The van der Waals surface area contributed by atoms with Gasteiger partial charge in [0.15, 0.2) is 5.84 Å². The number of non-ortho nitro benzene ring substituents is 1. The Morgan fingerprint density at radius 3 is 2.68 bits per heavy atom. The maximum absolute atomic E-state index is 12.9. The number of nitrogens with zero attached hydrogens (tertiary/aromatic N) is 4. The molecule has 0 radical (unpaired) electrons. The fourth-order valence-corrected chi connectivity index (χ4v) is 3.96. The van der Waals surface area contributed by atoms with Gasteiger partial charge in [0, 0.05) is 22.2 Å². The molecule has 2 aliphatic rings. The lowest BCUT2D eigenvalue weighted by Gasteiger charge is -2.19. The van der Waals surface area contributed by atoms with E-state index in [1.165, 1.54) is 36.4 Å². The molecule has 1 N–H and O–H groups in total. The summed E-state index contributed by atoms with van der Waals surface area (Å²) in [6, 6.07) is 7.07. The Hall–Kier alpha value is -3.26. The molecule has 1 aromatic heterocycles. The molecule has 3 heterocycles. The van der Waals surface area contributed by atoms with Crippen LogP contribution in [0.25, 0.3) is 17.4 Å². The van der Waals surface area contributed by atoms with Gasteiger partial charge in [-0.1, -0.05) is 0 Å². The van der Waals surface area contributed by atoms with Gasteiger partial charge in [-0.05, 0) is 52.0 Å². The highest BCUT2D eigenvalue weighted by atomic mass is 79.9. The third-order valence-electron chi connectivity index (χ3n) is 4.04. The maximum Gasteiger partial charge on any atom is 0.441 e. The molecule has 0 unspecified atom stereocenters. The summed E-state index contributed by atoms with van der Waals surface area (Å²) in [5.74, 6) is -1.05. The Kier molecular flexibility index (Phi) is 5.05. The zero-order chi connectivity index (χ0) is 22.5. The Labute approximate surface area is 183 Å². The van der Waals surface area contributed by atoms with Crippen molar-refractivity contribution in [2.24, 2.45) is 10.1 Å². The number of thioether (sulfide) groups is 1. The van der Waals surface area contributed by atoms with Gasteiger partial charge in [-0.2, -0.15) is 28.3 Å². The second-order valence-corrected chi connectivity index (χ2v) is 7.86. The third-order valence-corrected chi connectivity index (χ3v) is 5.65. The molecule has 158 valence electrons. The number of amides is 1. The molecule has 0 fully saturated rings. The highest BCUT2D eigenvalue weighted by Crippen LogP contribution is 2.36. The molecule has 0 saturated carbocycles. The lowest BCUT2D eigenvalue weighted by molar-refractivity contribution is -0.384. The number of furan rings is 1. The smallest absolute Gasteiger partial charge is 0.441 e. The van der Waals surface area contributed by atoms with Crippen molar-refractivity contribution in [1.82, 2.24) is 5.01 Å². The van der Waals surface area contributed by atoms with Crippen molar-refractivity contribution < 1.29 is 27.3 Å². The first-order valence-corrected chi connectivity index (χ1v) is 9.77. The summed E-state index contributed by atoms with van der Waals surface area (Å²) < 4.78 is 44.6. The number of fused-ring (bicyclic) bond motifs is 1. The molecule has 2 aliphatic heterocycles. The minimum atomic E-state index is -4.73. The van der Waals surface area contributed by atoms with Crippen LogP contribution in [0.3, 0.4) is 0 Å². The molecule has 2 aromatic rings. The van der Waals surface area contributed by atoms with Crippen molar-refractivity contribution in [3.63, 3.8) is 0 Å². The van der Waals surface area contributed by atoms with Crippen molar-refractivity contribution in [3.8, 4) is 11.3 Å². The number of rotatable bonds is 3.